The molecule has 0 spiro atoms. The molecular weight excluding hydrogens is 180 g/mol. The first-order valence-corrected chi connectivity index (χ1v) is 5.00. The quantitative estimate of drug-likeness (QED) is 0.631. The predicted molar refractivity (Wildman–Crippen MR) is 66.3 cm³/mol. The van der Waals surface area contributed by atoms with E-state index < -0.39 is 0 Å². The van der Waals surface area contributed by atoms with Crippen LogP contribution in [0.5, 0.6) is 0 Å². The third-order valence-corrected chi connectivity index (χ3v) is 2.31. The molecule has 0 nitrogen and oxygen atoms in total. The van der Waals surface area contributed by atoms with E-state index >= 15 is 0 Å². The van der Waals surface area contributed by atoms with Gasteiger partial charge in [0, 0.05) is 0 Å². The maximum Gasteiger partial charge on any atom is -0.0224 e. The van der Waals surface area contributed by atoms with E-state index in [-0.39, 0.29) is 0 Å². The molecule has 0 N–H and O–H groups in total. The van der Waals surface area contributed by atoms with Crippen molar-refractivity contribution in [3.05, 3.63) is 78.2 Å². The molecule has 0 fully saturated rings. The lowest BCUT2D eigenvalue weighted by Crippen LogP contribution is -1.77. The van der Waals surface area contributed by atoms with Crippen LogP contribution >= 0.6 is 0 Å². The van der Waals surface area contributed by atoms with Gasteiger partial charge in [0.05, 0.1) is 0 Å². The topological polar surface area (TPSA) is 0 Å². The van der Waals surface area contributed by atoms with Gasteiger partial charge in [-0.25, -0.2) is 0 Å². The Balaban J connectivity index is 2.23. The Kier molecular flexibility index (Phi) is 2.99. The highest BCUT2D eigenvalue weighted by Crippen LogP contribution is 2.11. The standard InChI is InChI=1S/C15H13/c1-13-7-5-6-10-15(13)12-11-14-8-3-2-4-9-14/h2-12H,1H2/b12-11-. The van der Waals surface area contributed by atoms with Crippen molar-refractivity contribution in [2.45, 2.75) is 0 Å². The zero-order valence-corrected chi connectivity index (χ0v) is 8.56. The first-order valence-electron chi connectivity index (χ1n) is 5.00. The van der Waals surface area contributed by atoms with Gasteiger partial charge in [-0.1, -0.05) is 66.7 Å². The number of hydrogen-bond donors (Lipinski definition) is 0. The normalized spacial score (nSPS) is 10.7. The summed E-state index contributed by atoms with van der Waals surface area (Å²) in [4.78, 5) is 0. The molecule has 0 bridgehead atoms. The summed E-state index contributed by atoms with van der Waals surface area (Å²) in [7, 11) is 0. The molecule has 2 aromatic rings. The minimum atomic E-state index is 1.06. The van der Waals surface area contributed by atoms with Crippen molar-refractivity contribution in [2.24, 2.45) is 0 Å². The van der Waals surface area contributed by atoms with E-state index in [1.807, 2.05) is 36.4 Å². The second-order valence-electron chi connectivity index (χ2n) is 3.44. The average Bonchev–Trinajstić information content (AvgIpc) is 2.29. The summed E-state index contributed by atoms with van der Waals surface area (Å²) in [5.74, 6) is 0. The summed E-state index contributed by atoms with van der Waals surface area (Å²) >= 11 is 0. The number of hydrogen-bond acceptors (Lipinski definition) is 0. The smallest absolute Gasteiger partial charge is 0.0224 e. The van der Waals surface area contributed by atoms with Gasteiger partial charge in [0.25, 0.3) is 0 Å². The first kappa shape index (κ1) is 9.72. The van der Waals surface area contributed by atoms with E-state index in [0.717, 1.165) is 5.56 Å². The van der Waals surface area contributed by atoms with Crippen LogP contribution in [0, 0.1) is 6.92 Å². The van der Waals surface area contributed by atoms with Crippen LogP contribution < -0.4 is 0 Å². The Morgan fingerprint density at radius 2 is 1.40 bits per heavy atom. The van der Waals surface area contributed by atoms with Gasteiger partial charge in [0.15, 0.2) is 0 Å². The van der Waals surface area contributed by atoms with Gasteiger partial charge in [0.2, 0.25) is 0 Å². The van der Waals surface area contributed by atoms with Crippen LogP contribution in [0.1, 0.15) is 16.7 Å². The molecule has 0 heteroatoms. The third-order valence-electron chi connectivity index (χ3n) is 2.31. The minimum Gasteiger partial charge on any atom is -0.0622 e. The van der Waals surface area contributed by atoms with Gasteiger partial charge >= 0.3 is 0 Å². The first-order chi connectivity index (χ1) is 7.36. The molecule has 0 aromatic heterocycles. The van der Waals surface area contributed by atoms with Crippen molar-refractivity contribution in [3.63, 3.8) is 0 Å². The molecule has 0 aliphatic carbocycles. The zero-order valence-electron chi connectivity index (χ0n) is 8.56. The molecule has 0 heterocycles. The zero-order chi connectivity index (χ0) is 10.5. The SMILES string of the molecule is [CH2]c1ccccc1/C=C\c1ccccc1. The summed E-state index contributed by atoms with van der Waals surface area (Å²) in [6, 6.07) is 18.4. The highest BCUT2D eigenvalue weighted by Gasteiger charge is 1.90. The molecule has 1 radical (unpaired) electrons. The average molecular weight is 193 g/mol. The molecule has 0 saturated carbocycles. The lowest BCUT2D eigenvalue weighted by molar-refractivity contribution is 1.57. The summed E-state index contributed by atoms with van der Waals surface area (Å²) < 4.78 is 0. The Labute approximate surface area is 90.9 Å². The fraction of sp³-hybridized carbons (Fsp3) is 0. The number of benzene rings is 2. The minimum absolute atomic E-state index is 1.06. The van der Waals surface area contributed by atoms with Gasteiger partial charge < -0.3 is 0 Å². The van der Waals surface area contributed by atoms with Gasteiger partial charge in [-0.15, -0.1) is 0 Å². The van der Waals surface area contributed by atoms with E-state index in [9.17, 15) is 0 Å². The van der Waals surface area contributed by atoms with Gasteiger partial charge in [-0.2, -0.15) is 0 Å². The van der Waals surface area contributed by atoms with Crippen LogP contribution in [-0.4, -0.2) is 0 Å². The fourth-order valence-corrected chi connectivity index (χ4v) is 1.45. The van der Waals surface area contributed by atoms with E-state index in [0.29, 0.717) is 0 Å². The van der Waals surface area contributed by atoms with E-state index in [4.69, 9.17) is 0 Å². The number of rotatable bonds is 2. The summed E-state index contributed by atoms with van der Waals surface area (Å²) in [6.45, 7) is 3.98. The van der Waals surface area contributed by atoms with Crippen molar-refractivity contribution in [3.8, 4) is 0 Å². The molecular formula is C15H13. The van der Waals surface area contributed by atoms with Crippen LogP contribution in [0.2, 0.25) is 0 Å². The second kappa shape index (κ2) is 4.61. The van der Waals surface area contributed by atoms with Crippen molar-refractivity contribution in [2.75, 3.05) is 0 Å². The molecule has 73 valence electrons. The van der Waals surface area contributed by atoms with Crippen molar-refractivity contribution >= 4 is 12.2 Å². The van der Waals surface area contributed by atoms with Gasteiger partial charge in [0.1, 0.15) is 0 Å². The van der Waals surface area contributed by atoms with Crippen LogP contribution in [0.15, 0.2) is 54.6 Å². The molecule has 0 unspecified atom stereocenters. The van der Waals surface area contributed by atoms with Crippen LogP contribution in [0.4, 0.5) is 0 Å². The Hall–Kier alpha value is -1.82. The molecule has 2 rings (SSSR count). The summed E-state index contributed by atoms with van der Waals surface area (Å²) in [6.07, 6.45) is 4.20. The Bertz CT molecular complexity index is 452. The lowest BCUT2D eigenvalue weighted by Gasteiger charge is -1.98. The van der Waals surface area contributed by atoms with Crippen LogP contribution in [0.3, 0.4) is 0 Å². The van der Waals surface area contributed by atoms with E-state index in [1.165, 1.54) is 11.1 Å². The molecule has 2 aromatic carbocycles. The van der Waals surface area contributed by atoms with Crippen LogP contribution in [-0.2, 0) is 0 Å². The molecule has 0 amide bonds. The lowest BCUT2D eigenvalue weighted by atomic mass is 10.1. The molecule has 0 saturated heterocycles. The second-order valence-corrected chi connectivity index (χ2v) is 3.44. The summed E-state index contributed by atoms with van der Waals surface area (Å²) in [5, 5.41) is 0. The van der Waals surface area contributed by atoms with Crippen LogP contribution in [0.25, 0.3) is 12.2 Å². The highest BCUT2D eigenvalue weighted by atomic mass is 14.0. The van der Waals surface area contributed by atoms with Crippen molar-refractivity contribution in [1.29, 1.82) is 0 Å². The monoisotopic (exact) mass is 193 g/mol. The molecule has 0 aliphatic heterocycles. The van der Waals surface area contributed by atoms with Crippen molar-refractivity contribution < 1.29 is 0 Å². The summed E-state index contributed by atoms with van der Waals surface area (Å²) in [5.41, 5.74) is 3.44. The Morgan fingerprint density at radius 1 is 0.733 bits per heavy atom. The Morgan fingerprint density at radius 3 is 2.13 bits per heavy atom. The maximum atomic E-state index is 3.98. The fourth-order valence-electron chi connectivity index (χ4n) is 1.45. The van der Waals surface area contributed by atoms with E-state index in [2.05, 4.69) is 37.3 Å². The molecule has 0 atom stereocenters. The third kappa shape index (κ3) is 2.57. The highest BCUT2D eigenvalue weighted by molar-refractivity contribution is 5.71. The predicted octanol–water partition coefficient (Wildman–Crippen LogP) is 4.04. The molecule has 15 heavy (non-hydrogen) atoms. The largest absolute Gasteiger partial charge is 0.0622 e. The van der Waals surface area contributed by atoms with Gasteiger partial charge in [-0.05, 0) is 23.6 Å². The van der Waals surface area contributed by atoms with E-state index in [1.54, 1.807) is 0 Å². The maximum absolute atomic E-state index is 3.98. The van der Waals surface area contributed by atoms with Gasteiger partial charge in [-0.3, -0.25) is 0 Å². The van der Waals surface area contributed by atoms with Crippen molar-refractivity contribution in [1.82, 2.24) is 0 Å². The molecule has 0 aliphatic rings.